The fourth-order valence-electron chi connectivity index (χ4n) is 2.30. The molecule has 0 bridgehead atoms. The van der Waals surface area contributed by atoms with Gasteiger partial charge in [-0.25, -0.2) is 0 Å². The second-order valence-electron chi connectivity index (χ2n) is 7.88. The van der Waals surface area contributed by atoms with Gasteiger partial charge < -0.3 is 9.16 Å². The largest absolute Gasteiger partial charge is 0.469 e. The molecule has 1 aliphatic carbocycles. The van der Waals surface area contributed by atoms with Crippen LogP contribution in [0, 0.1) is 0 Å². The molecule has 0 fully saturated rings. The van der Waals surface area contributed by atoms with Crippen molar-refractivity contribution in [1.29, 1.82) is 0 Å². The quantitative estimate of drug-likeness (QED) is 0.278. The highest BCUT2D eigenvalue weighted by atomic mass is 28.4. The highest BCUT2D eigenvalue weighted by Gasteiger charge is 2.40. The molecular formula is C19H32O4Si. The van der Waals surface area contributed by atoms with E-state index in [0.29, 0.717) is 19.3 Å². The van der Waals surface area contributed by atoms with Crippen LogP contribution in [-0.4, -0.2) is 33.3 Å². The number of carbonyl (C=O) groups is 2. The maximum absolute atomic E-state index is 12.1. The molecule has 0 aliphatic heterocycles. The smallest absolute Gasteiger partial charge is 0.305 e. The van der Waals surface area contributed by atoms with Crippen molar-refractivity contribution >= 4 is 20.1 Å². The van der Waals surface area contributed by atoms with Crippen molar-refractivity contribution in [3.63, 3.8) is 0 Å². The van der Waals surface area contributed by atoms with E-state index in [0.717, 1.165) is 18.4 Å². The monoisotopic (exact) mass is 352 g/mol. The van der Waals surface area contributed by atoms with E-state index < -0.39 is 8.32 Å². The Kier molecular flexibility index (Phi) is 7.61. The van der Waals surface area contributed by atoms with Gasteiger partial charge in [-0.2, -0.15) is 0 Å². The first-order chi connectivity index (χ1) is 11.1. The molecule has 136 valence electrons. The Morgan fingerprint density at radius 2 is 2.00 bits per heavy atom. The number of carbonyl (C=O) groups excluding carboxylic acids is 2. The lowest BCUT2D eigenvalue weighted by molar-refractivity contribution is -0.140. The van der Waals surface area contributed by atoms with E-state index in [1.165, 1.54) is 7.11 Å². The molecule has 5 heteroatoms. The van der Waals surface area contributed by atoms with E-state index in [-0.39, 0.29) is 22.9 Å². The average molecular weight is 353 g/mol. The van der Waals surface area contributed by atoms with E-state index in [9.17, 15) is 9.59 Å². The van der Waals surface area contributed by atoms with Crippen molar-refractivity contribution in [2.45, 2.75) is 77.1 Å². The predicted octanol–water partition coefficient (Wildman–Crippen LogP) is 4.57. The first kappa shape index (κ1) is 20.8. The van der Waals surface area contributed by atoms with Crippen LogP contribution in [-0.2, 0) is 18.8 Å². The maximum Gasteiger partial charge on any atom is 0.305 e. The van der Waals surface area contributed by atoms with Crippen LogP contribution >= 0.6 is 0 Å². The van der Waals surface area contributed by atoms with E-state index in [4.69, 9.17) is 4.43 Å². The van der Waals surface area contributed by atoms with Crippen molar-refractivity contribution in [2.75, 3.05) is 7.11 Å². The number of rotatable bonds is 8. The van der Waals surface area contributed by atoms with Crippen LogP contribution in [0.15, 0.2) is 23.8 Å². The van der Waals surface area contributed by atoms with Gasteiger partial charge in [0.25, 0.3) is 0 Å². The molecule has 0 N–H and O–H groups in total. The van der Waals surface area contributed by atoms with Gasteiger partial charge in [0.15, 0.2) is 14.1 Å². The maximum atomic E-state index is 12.1. The molecule has 1 unspecified atom stereocenters. The average Bonchev–Trinajstić information content (AvgIpc) is 2.80. The third-order valence-corrected chi connectivity index (χ3v) is 9.37. The van der Waals surface area contributed by atoms with Gasteiger partial charge in [0.1, 0.15) is 0 Å². The molecule has 0 saturated heterocycles. The van der Waals surface area contributed by atoms with E-state index in [1.54, 1.807) is 0 Å². The van der Waals surface area contributed by atoms with Crippen molar-refractivity contribution in [3.05, 3.63) is 23.8 Å². The molecule has 0 heterocycles. The Labute approximate surface area is 147 Å². The molecule has 24 heavy (non-hydrogen) atoms. The molecule has 4 nitrogen and oxygen atoms in total. The molecular weight excluding hydrogens is 320 g/mol. The van der Waals surface area contributed by atoms with Crippen LogP contribution in [0.2, 0.25) is 18.1 Å². The zero-order valence-electron chi connectivity index (χ0n) is 16.0. The molecule has 0 amide bonds. The Morgan fingerprint density at radius 1 is 1.33 bits per heavy atom. The summed E-state index contributed by atoms with van der Waals surface area (Å²) in [5.41, 5.74) is 0.850. The van der Waals surface area contributed by atoms with E-state index in [2.05, 4.69) is 38.6 Å². The Balaban J connectivity index is 2.46. The zero-order valence-corrected chi connectivity index (χ0v) is 17.0. The highest BCUT2D eigenvalue weighted by Crippen LogP contribution is 2.38. The summed E-state index contributed by atoms with van der Waals surface area (Å²) < 4.78 is 10.9. The number of methoxy groups -OCH3 is 1. The van der Waals surface area contributed by atoms with E-state index in [1.807, 2.05) is 18.2 Å². The summed E-state index contributed by atoms with van der Waals surface area (Å²) in [6, 6.07) is 0. The SMILES string of the molecule is COC(=O)CCCC=CCC1=CC(O[Si](C)(C)C(C)(C)C)CC1=O. The van der Waals surface area contributed by atoms with Crippen molar-refractivity contribution in [3.8, 4) is 0 Å². The van der Waals surface area contributed by atoms with Gasteiger partial charge in [0.05, 0.1) is 13.2 Å². The van der Waals surface area contributed by atoms with E-state index >= 15 is 0 Å². The summed E-state index contributed by atoms with van der Waals surface area (Å²) in [5.74, 6) is 0.0145. The third kappa shape index (κ3) is 6.36. The fraction of sp³-hybridized carbons (Fsp3) is 0.684. The number of hydrogen-bond acceptors (Lipinski definition) is 4. The Morgan fingerprint density at radius 3 is 2.58 bits per heavy atom. The Bertz CT molecular complexity index is 512. The zero-order chi connectivity index (χ0) is 18.4. The summed E-state index contributed by atoms with van der Waals surface area (Å²) >= 11 is 0. The molecule has 0 aromatic rings. The van der Waals surface area contributed by atoms with Crippen molar-refractivity contribution in [1.82, 2.24) is 0 Å². The standard InChI is InChI=1S/C19H32O4Si/c1-19(2,3)24(5,6)23-16-13-15(17(20)14-16)11-9-7-8-10-12-18(21)22-4/h7,9,13,16H,8,10-12,14H2,1-6H3. The summed E-state index contributed by atoms with van der Waals surface area (Å²) in [6.07, 6.45) is 9.11. The summed E-state index contributed by atoms with van der Waals surface area (Å²) in [6.45, 7) is 11.0. The normalized spacial score (nSPS) is 19.0. The van der Waals surface area contributed by atoms with Crippen LogP contribution in [0.4, 0.5) is 0 Å². The first-order valence-electron chi connectivity index (χ1n) is 8.70. The number of unbranched alkanes of at least 4 members (excludes halogenated alkanes) is 1. The molecule has 1 aliphatic rings. The minimum Gasteiger partial charge on any atom is -0.469 e. The number of ether oxygens (including phenoxy) is 1. The molecule has 0 spiro atoms. The van der Waals surface area contributed by atoms with Crippen molar-refractivity contribution < 1.29 is 18.8 Å². The van der Waals surface area contributed by atoms with Crippen LogP contribution < -0.4 is 0 Å². The van der Waals surface area contributed by atoms with Gasteiger partial charge in [-0.1, -0.05) is 32.9 Å². The molecule has 0 saturated carbocycles. The third-order valence-electron chi connectivity index (χ3n) is 4.87. The topological polar surface area (TPSA) is 52.6 Å². The second-order valence-corrected chi connectivity index (χ2v) is 12.6. The van der Waals surface area contributed by atoms with Crippen LogP contribution in [0.1, 0.15) is 52.9 Å². The summed E-state index contributed by atoms with van der Waals surface area (Å²) in [4.78, 5) is 23.1. The number of allylic oxidation sites excluding steroid dienone is 3. The van der Waals surface area contributed by atoms with Gasteiger partial charge in [0.2, 0.25) is 0 Å². The minimum absolute atomic E-state index is 0.0684. The minimum atomic E-state index is -1.85. The molecule has 1 rings (SSSR count). The van der Waals surface area contributed by atoms with Gasteiger partial charge >= 0.3 is 5.97 Å². The summed E-state index contributed by atoms with van der Waals surface area (Å²) in [5, 5.41) is 0.145. The number of ketones is 1. The van der Waals surface area contributed by atoms with Gasteiger partial charge in [-0.15, -0.1) is 0 Å². The second kappa shape index (κ2) is 8.76. The van der Waals surface area contributed by atoms with Gasteiger partial charge in [0, 0.05) is 12.8 Å². The number of Topliss-reactive ketones (excluding diaryl/α,β-unsaturated/α-hetero) is 1. The number of hydrogen-bond donors (Lipinski definition) is 0. The molecule has 1 atom stereocenters. The lowest BCUT2D eigenvalue weighted by Crippen LogP contribution is -2.43. The predicted molar refractivity (Wildman–Crippen MR) is 99.4 cm³/mol. The highest BCUT2D eigenvalue weighted by molar-refractivity contribution is 6.74. The van der Waals surface area contributed by atoms with Gasteiger partial charge in [-0.05, 0) is 49.0 Å². The van der Waals surface area contributed by atoms with Crippen LogP contribution in [0.5, 0.6) is 0 Å². The molecule has 0 radical (unpaired) electrons. The number of esters is 1. The summed E-state index contributed by atoms with van der Waals surface area (Å²) in [7, 11) is -0.450. The molecule has 0 aromatic carbocycles. The lowest BCUT2D eigenvalue weighted by atomic mass is 10.1. The fourth-order valence-corrected chi connectivity index (χ4v) is 3.56. The van der Waals surface area contributed by atoms with Crippen LogP contribution in [0.3, 0.4) is 0 Å². The molecule has 0 aromatic heterocycles. The van der Waals surface area contributed by atoms with Crippen molar-refractivity contribution in [2.24, 2.45) is 0 Å². The lowest BCUT2D eigenvalue weighted by Gasteiger charge is -2.37. The first-order valence-corrected chi connectivity index (χ1v) is 11.6. The van der Waals surface area contributed by atoms with Gasteiger partial charge in [-0.3, -0.25) is 9.59 Å². The Hall–Kier alpha value is -1.20. The van der Waals surface area contributed by atoms with Crippen LogP contribution in [0.25, 0.3) is 0 Å².